The van der Waals surface area contributed by atoms with Crippen molar-refractivity contribution < 1.29 is 19.0 Å². The zero-order chi connectivity index (χ0) is 22.5. The van der Waals surface area contributed by atoms with Gasteiger partial charge in [-0.05, 0) is 36.4 Å². The molecule has 32 heavy (non-hydrogen) atoms. The standard InChI is InChI=1S/C22H20ClN5O4/c1-30-14-7-8-18(31-2)16(13-14)21-26-25-19-9-10-20(27-28(19)21)32-12-11-24-22(29)15-5-3-4-6-17(15)23/h3-10,13H,11-12H2,1-2H3,(H,24,29). The first kappa shape index (κ1) is 21.4. The number of rotatable bonds is 8. The molecule has 10 heteroatoms. The molecule has 4 rings (SSSR count). The molecule has 0 saturated heterocycles. The van der Waals surface area contributed by atoms with E-state index in [0.29, 0.717) is 45.0 Å². The first-order valence-corrected chi connectivity index (χ1v) is 10.1. The van der Waals surface area contributed by atoms with Gasteiger partial charge in [0, 0.05) is 6.07 Å². The Morgan fingerprint density at radius 1 is 1.06 bits per heavy atom. The Morgan fingerprint density at radius 3 is 2.69 bits per heavy atom. The molecular weight excluding hydrogens is 434 g/mol. The number of fused-ring (bicyclic) bond motifs is 1. The summed E-state index contributed by atoms with van der Waals surface area (Å²) in [5.41, 5.74) is 1.63. The number of hydrogen-bond donors (Lipinski definition) is 1. The van der Waals surface area contributed by atoms with E-state index >= 15 is 0 Å². The number of benzene rings is 2. The second-order valence-corrected chi connectivity index (χ2v) is 7.02. The molecule has 4 aromatic rings. The largest absolute Gasteiger partial charge is 0.497 e. The van der Waals surface area contributed by atoms with Crippen LogP contribution in [0.15, 0.2) is 54.6 Å². The van der Waals surface area contributed by atoms with Gasteiger partial charge in [0.05, 0.1) is 36.9 Å². The minimum Gasteiger partial charge on any atom is -0.497 e. The van der Waals surface area contributed by atoms with Crippen molar-refractivity contribution in [2.45, 2.75) is 0 Å². The molecule has 2 heterocycles. The van der Waals surface area contributed by atoms with Crippen LogP contribution < -0.4 is 19.5 Å². The van der Waals surface area contributed by atoms with E-state index in [2.05, 4.69) is 20.6 Å². The van der Waals surface area contributed by atoms with Crippen LogP contribution in [0.25, 0.3) is 17.0 Å². The number of aromatic nitrogens is 4. The van der Waals surface area contributed by atoms with Crippen LogP contribution in [0.1, 0.15) is 10.4 Å². The fraction of sp³-hybridized carbons (Fsp3) is 0.182. The predicted molar refractivity (Wildman–Crippen MR) is 119 cm³/mol. The van der Waals surface area contributed by atoms with E-state index in [1.54, 1.807) is 73.3 Å². The number of hydrogen-bond acceptors (Lipinski definition) is 7. The molecule has 0 aliphatic carbocycles. The third-order valence-corrected chi connectivity index (χ3v) is 4.97. The van der Waals surface area contributed by atoms with Crippen molar-refractivity contribution >= 4 is 23.2 Å². The summed E-state index contributed by atoms with van der Waals surface area (Å²) in [5, 5.41) is 16.0. The van der Waals surface area contributed by atoms with Crippen LogP contribution in [-0.4, -0.2) is 53.1 Å². The third-order valence-electron chi connectivity index (χ3n) is 4.64. The molecule has 0 aliphatic heterocycles. The van der Waals surface area contributed by atoms with Gasteiger partial charge in [0.2, 0.25) is 5.88 Å². The van der Waals surface area contributed by atoms with Gasteiger partial charge in [0.25, 0.3) is 5.91 Å². The summed E-state index contributed by atoms with van der Waals surface area (Å²) in [4.78, 5) is 12.2. The first-order valence-electron chi connectivity index (χ1n) is 9.71. The number of carbonyl (C=O) groups excluding carboxylic acids is 1. The Bertz CT molecular complexity index is 1260. The van der Waals surface area contributed by atoms with Crippen LogP contribution >= 0.6 is 11.6 Å². The number of halogens is 1. The summed E-state index contributed by atoms with van der Waals surface area (Å²) >= 11 is 6.05. The van der Waals surface area contributed by atoms with Gasteiger partial charge < -0.3 is 19.5 Å². The lowest BCUT2D eigenvalue weighted by molar-refractivity contribution is 0.0946. The molecule has 0 radical (unpaired) electrons. The summed E-state index contributed by atoms with van der Waals surface area (Å²) in [5.74, 6) is 1.82. The molecule has 0 saturated carbocycles. The third kappa shape index (κ3) is 4.42. The van der Waals surface area contributed by atoms with Crippen LogP contribution in [0.2, 0.25) is 5.02 Å². The maximum Gasteiger partial charge on any atom is 0.252 e. The number of amides is 1. The average molecular weight is 454 g/mol. The zero-order valence-electron chi connectivity index (χ0n) is 17.4. The van der Waals surface area contributed by atoms with E-state index < -0.39 is 0 Å². The van der Waals surface area contributed by atoms with E-state index in [4.69, 9.17) is 25.8 Å². The second kappa shape index (κ2) is 9.52. The van der Waals surface area contributed by atoms with Crippen LogP contribution in [0.5, 0.6) is 17.4 Å². The zero-order valence-corrected chi connectivity index (χ0v) is 18.2. The Balaban J connectivity index is 1.48. The summed E-state index contributed by atoms with van der Waals surface area (Å²) in [6, 6.07) is 15.7. The van der Waals surface area contributed by atoms with Crippen LogP contribution in [0.3, 0.4) is 0 Å². The smallest absolute Gasteiger partial charge is 0.252 e. The number of carbonyl (C=O) groups is 1. The number of nitrogens with zero attached hydrogens (tertiary/aromatic N) is 4. The fourth-order valence-corrected chi connectivity index (χ4v) is 3.29. The molecule has 0 unspecified atom stereocenters. The number of ether oxygens (including phenoxy) is 3. The van der Waals surface area contributed by atoms with Crippen molar-refractivity contribution in [3.05, 3.63) is 65.2 Å². The quantitative estimate of drug-likeness (QED) is 0.409. The topological polar surface area (TPSA) is 99.9 Å². The molecule has 9 nitrogen and oxygen atoms in total. The Hall–Kier alpha value is -3.85. The van der Waals surface area contributed by atoms with Gasteiger partial charge in [-0.3, -0.25) is 4.79 Å². The highest BCUT2D eigenvalue weighted by Crippen LogP contribution is 2.32. The average Bonchev–Trinajstić information content (AvgIpc) is 3.24. The lowest BCUT2D eigenvalue weighted by Crippen LogP contribution is -2.28. The van der Waals surface area contributed by atoms with Gasteiger partial charge in [0.1, 0.15) is 18.1 Å². The second-order valence-electron chi connectivity index (χ2n) is 6.62. The lowest BCUT2D eigenvalue weighted by Gasteiger charge is -2.10. The van der Waals surface area contributed by atoms with E-state index in [-0.39, 0.29) is 19.1 Å². The highest BCUT2D eigenvalue weighted by molar-refractivity contribution is 6.33. The van der Waals surface area contributed by atoms with E-state index in [0.717, 1.165) is 0 Å². The highest BCUT2D eigenvalue weighted by Gasteiger charge is 2.16. The van der Waals surface area contributed by atoms with Crippen molar-refractivity contribution in [1.29, 1.82) is 0 Å². The van der Waals surface area contributed by atoms with Gasteiger partial charge in [-0.25, -0.2) is 0 Å². The normalized spacial score (nSPS) is 10.7. The fourth-order valence-electron chi connectivity index (χ4n) is 3.07. The maximum atomic E-state index is 12.2. The molecule has 0 aliphatic rings. The van der Waals surface area contributed by atoms with Gasteiger partial charge >= 0.3 is 0 Å². The predicted octanol–water partition coefficient (Wildman–Crippen LogP) is 3.27. The first-order chi connectivity index (χ1) is 15.6. The van der Waals surface area contributed by atoms with Crippen molar-refractivity contribution in [3.63, 3.8) is 0 Å². The molecule has 2 aromatic heterocycles. The van der Waals surface area contributed by atoms with Gasteiger partial charge in [-0.15, -0.1) is 15.3 Å². The number of nitrogens with one attached hydrogen (secondary N) is 1. The molecule has 2 aromatic carbocycles. The van der Waals surface area contributed by atoms with Crippen LogP contribution in [0.4, 0.5) is 0 Å². The molecule has 1 amide bonds. The Morgan fingerprint density at radius 2 is 1.91 bits per heavy atom. The summed E-state index contributed by atoms with van der Waals surface area (Å²) in [6.45, 7) is 0.497. The van der Waals surface area contributed by atoms with Gasteiger partial charge in [-0.1, -0.05) is 23.7 Å². The molecule has 0 bridgehead atoms. The minimum atomic E-state index is -0.270. The molecular formula is C22H20ClN5O4. The van der Waals surface area contributed by atoms with Crippen LogP contribution in [-0.2, 0) is 0 Å². The number of methoxy groups -OCH3 is 2. The van der Waals surface area contributed by atoms with Crippen LogP contribution in [0, 0.1) is 0 Å². The Kier molecular flexibility index (Phi) is 6.37. The maximum absolute atomic E-state index is 12.2. The minimum absolute atomic E-state index is 0.217. The van der Waals surface area contributed by atoms with E-state index in [1.165, 1.54) is 0 Å². The van der Waals surface area contributed by atoms with Crippen molar-refractivity contribution in [2.24, 2.45) is 0 Å². The molecule has 0 fully saturated rings. The van der Waals surface area contributed by atoms with Gasteiger partial charge in [0.15, 0.2) is 11.5 Å². The monoisotopic (exact) mass is 453 g/mol. The molecule has 0 atom stereocenters. The van der Waals surface area contributed by atoms with E-state index in [1.807, 2.05) is 0 Å². The Labute approximate surface area is 188 Å². The lowest BCUT2D eigenvalue weighted by atomic mass is 10.2. The highest BCUT2D eigenvalue weighted by atomic mass is 35.5. The van der Waals surface area contributed by atoms with Crippen molar-refractivity contribution in [3.8, 4) is 28.8 Å². The molecule has 0 spiro atoms. The van der Waals surface area contributed by atoms with Crippen molar-refractivity contribution in [1.82, 2.24) is 25.1 Å². The summed E-state index contributed by atoms with van der Waals surface area (Å²) in [6.07, 6.45) is 0. The van der Waals surface area contributed by atoms with Crippen molar-refractivity contribution in [2.75, 3.05) is 27.4 Å². The molecule has 164 valence electrons. The van der Waals surface area contributed by atoms with Gasteiger partial charge in [-0.2, -0.15) is 4.52 Å². The summed E-state index contributed by atoms with van der Waals surface area (Å²) < 4.78 is 18.0. The van der Waals surface area contributed by atoms with E-state index in [9.17, 15) is 4.79 Å². The summed E-state index contributed by atoms with van der Waals surface area (Å²) in [7, 11) is 3.16. The SMILES string of the molecule is COc1ccc(OC)c(-c2nnc3ccc(OCCNC(=O)c4ccccc4Cl)nn23)c1. The molecule has 1 N–H and O–H groups in total.